The summed E-state index contributed by atoms with van der Waals surface area (Å²) in [7, 11) is 1.63. The van der Waals surface area contributed by atoms with Crippen molar-refractivity contribution in [1.29, 1.82) is 0 Å². The third-order valence-electron chi connectivity index (χ3n) is 1.95. The quantitative estimate of drug-likeness (QED) is 0.632. The van der Waals surface area contributed by atoms with Crippen molar-refractivity contribution in [3.05, 3.63) is 41.6 Å². The smallest absolute Gasteiger partial charge is 0.266 e. The second-order valence-electron chi connectivity index (χ2n) is 2.69. The lowest BCUT2D eigenvalue weighted by Gasteiger charge is -1.97. The first kappa shape index (κ1) is 8.32. The summed E-state index contributed by atoms with van der Waals surface area (Å²) in [5.41, 5.74) is 0.970. The molecule has 0 atom stereocenters. The Labute approximate surface area is 81.3 Å². The molecule has 0 aliphatic heterocycles. The van der Waals surface area contributed by atoms with Crippen LogP contribution in [0.4, 0.5) is 0 Å². The zero-order chi connectivity index (χ0) is 9.26. The van der Waals surface area contributed by atoms with Gasteiger partial charge in [0.25, 0.3) is 5.52 Å². The molecule has 0 saturated carbocycles. The largest absolute Gasteiger partial charge is 0.274 e. The summed E-state index contributed by atoms with van der Waals surface area (Å²) in [5.74, 6) is 0. The molecule has 0 fully saturated rings. The highest BCUT2D eigenvalue weighted by molar-refractivity contribution is 6.35. The maximum absolute atomic E-state index is 6.02. The maximum atomic E-state index is 6.02. The fourth-order valence-electron chi connectivity index (χ4n) is 1.33. The van der Waals surface area contributed by atoms with E-state index in [0.29, 0.717) is 0 Å². The molecule has 2 aromatic rings. The monoisotopic (exact) mass is 194 g/mol. The Morgan fingerprint density at radius 1 is 1.23 bits per heavy atom. The Balaban J connectivity index is 2.84. The minimum Gasteiger partial charge on any atom is -0.274 e. The molecule has 13 heavy (non-hydrogen) atoms. The summed E-state index contributed by atoms with van der Waals surface area (Å²) in [4.78, 5) is 5.14. The highest BCUT2D eigenvalue weighted by Gasteiger charge is 2.10. The topological polar surface area (TPSA) is 13.1 Å². The number of hydrogen-bond acceptors (Lipinski definition) is 1. The van der Waals surface area contributed by atoms with Gasteiger partial charge in [-0.1, -0.05) is 23.7 Å². The van der Waals surface area contributed by atoms with Crippen molar-refractivity contribution in [3.63, 3.8) is 0 Å². The molecule has 3 heteroatoms. The number of pyridine rings is 1. The van der Waals surface area contributed by atoms with E-state index in [4.69, 9.17) is 16.4 Å². The predicted molar refractivity (Wildman–Crippen MR) is 51.7 cm³/mol. The first-order valence-electron chi connectivity index (χ1n) is 3.96. The van der Waals surface area contributed by atoms with Gasteiger partial charge in [0.15, 0.2) is 0 Å². The molecule has 1 heterocycles. The molecule has 0 aliphatic carbocycles. The Morgan fingerprint density at radius 3 is 2.77 bits per heavy atom. The summed E-state index contributed by atoms with van der Waals surface area (Å²) in [6.07, 6.45) is 1.80. The minimum absolute atomic E-state index is 0.740. The van der Waals surface area contributed by atoms with E-state index in [1.807, 2.05) is 30.3 Å². The summed E-state index contributed by atoms with van der Waals surface area (Å²) in [6.45, 7) is 0. The molecule has 2 nitrogen and oxygen atoms in total. The van der Waals surface area contributed by atoms with E-state index in [9.17, 15) is 0 Å². The van der Waals surface area contributed by atoms with Crippen LogP contribution in [0.3, 0.4) is 0 Å². The maximum Gasteiger partial charge on any atom is 0.266 e. The van der Waals surface area contributed by atoms with Crippen LogP contribution >= 0.6 is 11.6 Å². The predicted octanol–water partition coefficient (Wildman–Crippen LogP) is 1.84. The number of halogens is 1. The third kappa shape index (κ3) is 1.33. The van der Waals surface area contributed by atoms with Gasteiger partial charge in [0, 0.05) is 16.9 Å². The normalized spacial score (nSPS) is 10.3. The molecule has 0 spiro atoms. The average Bonchev–Trinajstić information content (AvgIpc) is 2.19. The van der Waals surface area contributed by atoms with Crippen LogP contribution in [0.5, 0.6) is 0 Å². The highest BCUT2D eigenvalue weighted by atomic mass is 35.5. The minimum atomic E-state index is 0.740. The Kier molecular flexibility index (Phi) is 2.07. The van der Waals surface area contributed by atoms with Gasteiger partial charge in [-0.3, -0.25) is 4.84 Å². The van der Waals surface area contributed by atoms with Crippen LogP contribution < -0.4 is 9.57 Å². The standard InChI is InChI=1S/C10H9ClNO/c1-13-12-7-6-9(11)8-4-2-3-5-10(8)12/h2-7H,1H3/q+1. The van der Waals surface area contributed by atoms with E-state index < -0.39 is 0 Å². The number of benzene rings is 1. The van der Waals surface area contributed by atoms with Crippen LogP contribution in [0.25, 0.3) is 10.9 Å². The Morgan fingerprint density at radius 2 is 2.00 bits per heavy atom. The van der Waals surface area contributed by atoms with E-state index in [-0.39, 0.29) is 0 Å². The molecule has 0 amide bonds. The lowest BCUT2D eigenvalue weighted by molar-refractivity contribution is -0.865. The summed E-state index contributed by atoms with van der Waals surface area (Å²) < 4.78 is 1.68. The number of hydrogen-bond donors (Lipinski definition) is 0. The SMILES string of the molecule is CO[n+]1ccc(Cl)c2ccccc21. The molecular formula is C10H9ClNO+. The summed E-state index contributed by atoms with van der Waals surface area (Å²) >= 11 is 6.02. The third-order valence-corrected chi connectivity index (χ3v) is 2.28. The van der Waals surface area contributed by atoms with Gasteiger partial charge in [-0.05, 0) is 6.07 Å². The molecule has 0 unspecified atom stereocenters. The van der Waals surface area contributed by atoms with Gasteiger partial charge < -0.3 is 0 Å². The molecule has 0 N–H and O–H groups in total. The summed E-state index contributed by atoms with van der Waals surface area (Å²) in [6, 6.07) is 9.65. The van der Waals surface area contributed by atoms with Crippen molar-refractivity contribution in [2.24, 2.45) is 0 Å². The number of rotatable bonds is 1. The summed E-state index contributed by atoms with van der Waals surface area (Å²) in [5, 5.41) is 1.73. The van der Waals surface area contributed by atoms with Gasteiger partial charge >= 0.3 is 0 Å². The highest BCUT2D eigenvalue weighted by Crippen LogP contribution is 2.19. The fraction of sp³-hybridized carbons (Fsp3) is 0.100. The molecular weight excluding hydrogens is 186 g/mol. The Hall–Kier alpha value is -1.28. The van der Waals surface area contributed by atoms with E-state index in [1.54, 1.807) is 18.0 Å². The van der Waals surface area contributed by atoms with Crippen molar-refractivity contribution in [2.45, 2.75) is 0 Å². The van der Waals surface area contributed by atoms with Gasteiger partial charge in [-0.2, -0.15) is 0 Å². The van der Waals surface area contributed by atoms with Crippen molar-refractivity contribution in [3.8, 4) is 0 Å². The molecule has 0 radical (unpaired) electrons. The lowest BCUT2D eigenvalue weighted by atomic mass is 10.2. The average molecular weight is 195 g/mol. The van der Waals surface area contributed by atoms with Crippen molar-refractivity contribution < 1.29 is 9.57 Å². The van der Waals surface area contributed by atoms with Gasteiger partial charge in [-0.15, -0.1) is 0 Å². The molecule has 0 aliphatic rings. The first-order valence-corrected chi connectivity index (χ1v) is 4.34. The van der Waals surface area contributed by atoms with Crippen molar-refractivity contribution in [2.75, 3.05) is 7.11 Å². The number of para-hydroxylation sites is 1. The zero-order valence-corrected chi connectivity index (χ0v) is 7.95. The molecule has 2 rings (SSSR count). The second kappa shape index (κ2) is 3.23. The van der Waals surface area contributed by atoms with Crippen LogP contribution in [0.2, 0.25) is 5.02 Å². The Bertz CT molecular complexity index is 442. The van der Waals surface area contributed by atoms with Crippen molar-refractivity contribution in [1.82, 2.24) is 0 Å². The lowest BCUT2D eigenvalue weighted by Crippen LogP contribution is -2.40. The van der Waals surface area contributed by atoms with E-state index >= 15 is 0 Å². The van der Waals surface area contributed by atoms with Gasteiger partial charge in [-0.25, -0.2) is 0 Å². The van der Waals surface area contributed by atoms with E-state index in [2.05, 4.69) is 0 Å². The molecule has 66 valence electrons. The van der Waals surface area contributed by atoms with Crippen molar-refractivity contribution >= 4 is 22.5 Å². The molecule has 1 aromatic heterocycles. The fourth-order valence-corrected chi connectivity index (χ4v) is 1.55. The first-order chi connectivity index (χ1) is 6.33. The van der Waals surface area contributed by atoms with Gasteiger partial charge in [0.2, 0.25) is 6.20 Å². The van der Waals surface area contributed by atoms with Crippen LogP contribution in [0.1, 0.15) is 0 Å². The van der Waals surface area contributed by atoms with Crippen LogP contribution in [0.15, 0.2) is 36.5 Å². The number of fused-ring (bicyclic) bond motifs is 1. The van der Waals surface area contributed by atoms with Gasteiger partial charge in [0.05, 0.1) is 10.4 Å². The zero-order valence-electron chi connectivity index (χ0n) is 7.20. The van der Waals surface area contributed by atoms with E-state index in [1.165, 1.54) is 0 Å². The molecule has 0 bridgehead atoms. The molecule has 0 saturated heterocycles. The van der Waals surface area contributed by atoms with Crippen LogP contribution in [-0.2, 0) is 0 Å². The number of aromatic nitrogens is 1. The van der Waals surface area contributed by atoms with E-state index in [0.717, 1.165) is 15.9 Å². The number of nitrogens with zero attached hydrogens (tertiary/aromatic N) is 1. The molecule has 1 aromatic carbocycles. The second-order valence-corrected chi connectivity index (χ2v) is 3.10. The van der Waals surface area contributed by atoms with Crippen LogP contribution in [0, 0.1) is 0 Å². The van der Waals surface area contributed by atoms with Gasteiger partial charge in [0.1, 0.15) is 7.11 Å². The van der Waals surface area contributed by atoms with Crippen LogP contribution in [-0.4, -0.2) is 7.11 Å².